The standard InChI is InChI=1S/C12H7ClFN3O/c13-11-7(6-15)3-4-17-12(11)18-10-2-1-8(14)5-9(10)16/h1-5H,16H2. The van der Waals surface area contributed by atoms with Crippen LogP contribution in [0.15, 0.2) is 30.5 Å². The first kappa shape index (κ1) is 12.1. The third-order valence-electron chi connectivity index (χ3n) is 2.16. The Bertz CT molecular complexity index is 640. The lowest BCUT2D eigenvalue weighted by atomic mass is 10.3. The van der Waals surface area contributed by atoms with E-state index in [9.17, 15) is 4.39 Å². The van der Waals surface area contributed by atoms with Gasteiger partial charge in [-0.1, -0.05) is 11.6 Å². The van der Waals surface area contributed by atoms with Crippen molar-refractivity contribution in [2.75, 3.05) is 5.73 Å². The van der Waals surface area contributed by atoms with Crippen molar-refractivity contribution in [3.63, 3.8) is 0 Å². The zero-order valence-corrected chi connectivity index (χ0v) is 9.78. The van der Waals surface area contributed by atoms with Crippen LogP contribution in [0.25, 0.3) is 0 Å². The van der Waals surface area contributed by atoms with Gasteiger partial charge in [0, 0.05) is 12.3 Å². The molecule has 0 fully saturated rings. The molecule has 18 heavy (non-hydrogen) atoms. The molecule has 0 aliphatic carbocycles. The third-order valence-corrected chi connectivity index (χ3v) is 2.52. The Balaban J connectivity index is 2.38. The van der Waals surface area contributed by atoms with Gasteiger partial charge in [0.25, 0.3) is 0 Å². The minimum Gasteiger partial charge on any atom is -0.435 e. The lowest BCUT2D eigenvalue weighted by Crippen LogP contribution is -1.95. The molecule has 2 rings (SSSR count). The van der Waals surface area contributed by atoms with E-state index < -0.39 is 5.82 Å². The first-order valence-corrected chi connectivity index (χ1v) is 5.27. The van der Waals surface area contributed by atoms with Crippen LogP contribution in [0, 0.1) is 17.1 Å². The number of nitrogens with zero attached hydrogens (tertiary/aromatic N) is 2. The number of nitriles is 1. The van der Waals surface area contributed by atoms with Crippen LogP contribution < -0.4 is 10.5 Å². The minimum atomic E-state index is -0.468. The van der Waals surface area contributed by atoms with Crippen LogP contribution in [0.1, 0.15) is 5.56 Å². The second kappa shape index (κ2) is 4.90. The number of anilines is 1. The molecule has 6 heteroatoms. The fourth-order valence-corrected chi connectivity index (χ4v) is 1.49. The molecule has 2 N–H and O–H groups in total. The number of ether oxygens (including phenoxy) is 1. The summed E-state index contributed by atoms with van der Waals surface area (Å²) < 4.78 is 18.2. The van der Waals surface area contributed by atoms with Crippen molar-refractivity contribution in [3.8, 4) is 17.7 Å². The van der Waals surface area contributed by atoms with E-state index in [2.05, 4.69) is 4.98 Å². The highest BCUT2D eigenvalue weighted by atomic mass is 35.5. The Morgan fingerprint density at radius 3 is 2.83 bits per heavy atom. The van der Waals surface area contributed by atoms with Gasteiger partial charge in [0.1, 0.15) is 16.9 Å². The van der Waals surface area contributed by atoms with Crippen LogP contribution >= 0.6 is 11.6 Å². The molecule has 2 aromatic rings. The van der Waals surface area contributed by atoms with Crippen molar-refractivity contribution in [1.29, 1.82) is 5.26 Å². The molecule has 0 amide bonds. The number of nitrogens with two attached hydrogens (primary N) is 1. The highest BCUT2D eigenvalue weighted by Gasteiger charge is 2.11. The molecule has 0 saturated heterocycles. The average molecular weight is 264 g/mol. The van der Waals surface area contributed by atoms with Crippen LogP contribution in [-0.2, 0) is 0 Å². The van der Waals surface area contributed by atoms with E-state index in [0.29, 0.717) is 0 Å². The SMILES string of the molecule is N#Cc1ccnc(Oc2ccc(F)cc2N)c1Cl. The zero-order chi connectivity index (χ0) is 13.1. The number of aromatic nitrogens is 1. The lowest BCUT2D eigenvalue weighted by Gasteiger charge is -2.09. The highest BCUT2D eigenvalue weighted by molar-refractivity contribution is 6.33. The van der Waals surface area contributed by atoms with Gasteiger partial charge in [-0.05, 0) is 18.2 Å². The van der Waals surface area contributed by atoms with Gasteiger partial charge in [-0.2, -0.15) is 5.26 Å². The molecule has 90 valence electrons. The van der Waals surface area contributed by atoms with E-state index in [4.69, 9.17) is 27.3 Å². The van der Waals surface area contributed by atoms with Crippen molar-refractivity contribution in [2.24, 2.45) is 0 Å². The molecule has 0 spiro atoms. The number of hydrogen-bond donors (Lipinski definition) is 1. The predicted molar refractivity (Wildman–Crippen MR) is 64.8 cm³/mol. The summed E-state index contributed by atoms with van der Waals surface area (Å²) in [5, 5.41) is 8.89. The van der Waals surface area contributed by atoms with Crippen LogP contribution in [0.2, 0.25) is 5.02 Å². The second-order valence-corrected chi connectivity index (χ2v) is 3.75. The first-order chi connectivity index (χ1) is 8.61. The number of rotatable bonds is 2. The Labute approximate surface area is 107 Å². The van der Waals surface area contributed by atoms with Crippen molar-refractivity contribution >= 4 is 17.3 Å². The molecular formula is C12H7ClFN3O. The van der Waals surface area contributed by atoms with Crippen LogP contribution in [0.4, 0.5) is 10.1 Å². The van der Waals surface area contributed by atoms with Gasteiger partial charge in [-0.15, -0.1) is 0 Å². The maximum absolute atomic E-state index is 12.9. The minimum absolute atomic E-state index is 0.0500. The molecule has 0 unspecified atom stereocenters. The van der Waals surface area contributed by atoms with E-state index in [1.807, 2.05) is 6.07 Å². The molecule has 0 radical (unpaired) electrons. The number of hydrogen-bond acceptors (Lipinski definition) is 4. The lowest BCUT2D eigenvalue weighted by molar-refractivity contribution is 0.464. The molecular weight excluding hydrogens is 257 g/mol. The Hall–Kier alpha value is -2.32. The van der Waals surface area contributed by atoms with Crippen LogP contribution in [-0.4, -0.2) is 4.98 Å². The van der Waals surface area contributed by atoms with Crippen molar-refractivity contribution < 1.29 is 9.13 Å². The fourth-order valence-electron chi connectivity index (χ4n) is 1.30. The van der Waals surface area contributed by atoms with Gasteiger partial charge in [0.2, 0.25) is 5.88 Å². The van der Waals surface area contributed by atoms with Gasteiger partial charge in [0.15, 0.2) is 5.75 Å². The van der Waals surface area contributed by atoms with E-state index in [1.165, 1.54) is 24.4 Å². The van der Waals surface area contributed by atoms with Crippen molar-refractivity contribution in [2.45, 2.75) is 0 Å². The topological polar surface area (TPSA) is 71.9 Å². The normalized spacial score (nSPS) is 9.83. The fraction of sp³-hybridized carbons (Fsp3) is 0. The van der Waals surface area contributed by atoms with Crippen molar-refractivity contribution in [3.05, 3.63) is 46.9 Å². The van der Waals surface area contributed by atoms with Gasteiger partial charge in [-0.3, -0.25) is 0 Å². The summed E-state index contributed by atoms with van der Waals surface area (Å²) in [5.74, 6) is -0.195. The smallest absolute Gasteiger partial charge is 0.239 e. The second-order valence-electron chi connectivity index (χ2n) is 3.37. The first-order valence-electron chi connectivity index (χ1n) is 4.89. The summed E-state index contributed by atoms with van der Waals surface area (Å²) >= 11 is 5.92. The summed E-state index contributed by atoms with van der Waals surface area (Å²) in [4.78, 5) is 3.89. The summed E-state index contributed by atoms with van der Waals surface area (Å²) in [7, 11) is 0. The maximum atomic E-state index is 12.9. The van der Waals surface area contributed by atoms with Gasteiger partial charge in [0.05, 0.1) is 11.3 Å². The van der Waals surface area contributed by atoms with E-state index in [1.54, 1.807) is 0 Å². The molecule has 0 atom stereocenters. The number of nitrogen functional groups attached to an aromatic ring is 1. The molecule has 0 bridgehead atoms. The molecule has 1 aromatic heterocycles. The summed E-state index contributed by atoms with van der Waals surface area (Å²) in [6.45, 7) is 0. The number of benzene rings is 1. The number of pyridine rings is 1. The largest absolute Gasteiger partial charge is 0.435 e. The van der Waals surface area contributed by atoms with Gasteiger partial charge in [-0.25, -0.2) is 9.37 Å². The van der Waals surface area contributed by atoms with E-state index in [-0.39, 0.29) is 27.9 Å². The summed E-state index contributed by atoms with van der Waals surface area (Å²) in [6.07, 6.45) is 1.39. The third kappa shape index (κ3) is 2.34. The Morgan fingerprint density at radius 1 is 1.39 bits per heavy atom. The molecule has 4 nitrogen and oxygen atoms in total. The van der Waals surface area contributed by atoms with E-state index >= 15 is 0 Å². The maximum Gasteiger partial charge on any atom is 0.239 e. The highest BCUT2D eigenvalue weighted by Crippen LogP contribution is 2.32. The molecule has 1 heterocycles. The Kier molecular flexibility index (Phi) is 3.31. The number of halogens is 2. The molecule has 0 saturated carbocycles. The summed E-state index contributed by atoms with van der Waals surface area (Å²) in [6, 6.07) is 7.05. The van der Waals surface area contributed by atoms with Crippen LogP contribution in [0.5, 0.6) is 11.6 Å². The van der Waals surface area contributed by atoms with E-state index in [0.717, 1.165) is 6.07 Å². The Morgan fingerprint density at radius 2 is 2.17 bits per heavy atom. The molecule has 0 aliphatic heterocycles. The zero-order valence-electron chi connectivity index (χ0n) is 9.02. The van der Waals surface area contributed by atoms with Gasteiger partial charge >= 0.3 is 0 Å². The predicted octanol–water partition coefficient (Wildman–Crippen LogP) is 3.12. The van der Waals surface area contributed by atoms with Crippen LogP contribution in [0.3, 0.4) is 0 Å². The summed E-state index contributed by atoms with van der Waals surface area (Å²) in [5.41, 5.74) is 5.95. The van der Waals surface area contributed by atoms with Gasteiger partial charge < -0.3 is 10.5 Å². The molecule has 0 aliphatic rings. The monoisotopic (exact) mass is 263 g/mol. The average Bonchev–Trinajstić information content (AvgIpc) is 2.35. The molecule has 1 aromatic carbocycles. The van der Waals surface area contributed by atoms with Crippen molar-refractivity contribution in [1.82, 2.24) is 4.98 Å². The quantitative estimate of drug-likeness (QED) is 0.845.